The molecular formula is C19H19BrClN3OS. The Balaban J connectivity index is 1.61. The number of piperidine rings is 1. The molecule has 0 aromatic heterocycles. The number of anilines is 2. The summed E-state index contributed by atoms with van der Waals surface area (Å²) in [6.45, 7) is 2.07. The van der Waals surface area contributed by atoms with E-state index in [9.17, 15) is 4.79 Å². The summed E-state index contributed by atoms with van der Waals surface area (Å²) in [6.07, 6.45) is 3.67. The number of rotatable bonds is 3. The van der Waals surface area contributed by atoms with Crippen LogP contribution in [0.1, 0.15) is 29.6 Å². The lowest BCUT2D eigenvalue weighted by Crippen LogP contribution is -2.34. The third-order valence-electron chi connectivity index (χ3n) is 4.24. The first-order chi connectivity index (χ1) is 12.5. The van der Waals surface area contributed by atoms with E-state index in [1.165, 1.54) is 19.3 Å². The molecule has 2 N–H and O–H groups in total. The van der Waals surface area contributed by atoms with Gasteiger partial charge in [-0.05, 0) is 73.9 Å². The molecule has 0 unspecified atom stereocenters. The summed E-state index contributed by atoms with van der Waals surface area (Å²) in [4.78, 5) is 14.5. The first kappa shape index (κ1) is 19.1. The van der Waals surface area contributed by atoms with Crippen LogP contribution in [0.3, 0.4) is 0 Å². The summed E-state index contributed by atoms with van der Waals surface area (Å²) in [5.74, 6) is -0.258. The Morgan fingerprint density at radius 1 is 1.08 bits per heavy atom. The van der Waals surface area contributed by atoms with E-state index >= 15 is 0 Å². The zero-order valence-corrected chi connectivity index (χ0v) is 17.3. The summed E-state index contributed by atoms with van der Waals surface area (Å²) in [5.41, 5.74) is 2.33. The van der Waals surface area contributed by atoms with Crippen molar-refractivity contribution in [1.82, 2.24) is 5.32 Å². The lowest BCUT2D eigenvalue weighted by molar-refractivity contribution is 0.0977. The van der Waals surface area contributed by atoms with Crippen LogP contribution in [-0.4, -0.2) is 24.1 Å². The van der Waals surface area contributed by atoms with Crippen molar-refractivity contribution in [3.05, 3.63) is 57.5 Å². The van der Waals surface area contributed by atoms with Crippen molar-refractivity contribution in [2.24, 2.45) is 0 Å². The predicted octanol–water partition coefficient (Wildman–Crippen LogP) is 5.22. The number of nitrogens with zero attached hydrogens (tertiary/aromatic N) is 1. The molecule has 2 aromatic rings. The summed E-state index contributed by atoms with van der Waals surface area (Å²) >= 11 is 15.0. The largest absolute Gasteiger partial charge is 0.370 e. The zero-order chi connectivity index (χ0) is 18.5. The molecule has 0 aliphatic carbocycles. The van der Waals surface area contributed by atoms with E-state index in [0.717, 1.165) is 28.9 Å². The third kappa shape index (κ3) is 4.96. The normalized spacial score (nSPS) is 14.0. The highest BCUT2D eigenvalue weighted by atomic mass is 79.9. The van der Waals surface area contributed by atoms with Crippen molar-refractivity contribution in [3.63, 3.8) is 0 Å². The Morgan fingerprint density at radius 3 is 2.42 bits per heavy atom. The first-order valence-corrected chi connectivity index (χ1v) is 10.0. The second kappa shape index (κ2) is 8.84. The maximum Gasteiger partial charge on any atom is 0.257 e. The molecule has 1 aliphatic heterocycles. The molecule has 0 atom stereocenters. The molecule has 136 valence electrons. The van der Waals surface area contributed by atoms with Crippen LogP contribution in [0.4, 0.5) is 11.4 Å². The van der Waals surface area contributed by atoms with Gasteiger partial charge in [-0.1, -0.05) is 27.5 Å². The van der Waals surface area contributed by atoms with Gasteiger partial charge in [0.1, 0.15) is 0 Å². The Labute approximate surface area is 172 Å². The Morgan fingerprint density at radius 2 is 1.77 bits per heavy atom. The van der Waals surface area contributed by atoms with Gasteiger partial charge in [-0.3, -0.25) is 10.1 Å². The standard InChI is InChI=1S/C19H19BrClN3OS/c20-14-6-4-13(5-7-14)18(25)23-19(26)22-15-8-9-17(16(21)12-15)24-10-2-1-3-11-24/h4-9,12H,1-3,10-11H2,(H2,22,23,25,26). The van der Waals surface area contributed by atoms with Crippen LogP contribution in [-0.2, 0) is 0 Å². The molecule has 7 heteroatoms. The molecular weight excluding hydrogens is 434 g/mol. The topological polar surface area (TPSA) is 44.4 Å². The fraction of sp³-hybridized carbons (Fsp3) is 0.263. The highest BCUT2D eigenvalue weighted by Crippen LogP contribution is 2.30. The molecule has 4 nitrogen and oxygen atoms in total. The van der Waals surface area contributed by atoms with E-state index in [1.54, 1.807) is 12.1 Å². The maximum atomic E-state index is 12.2. The lowest BCUT2D eigenvalue weighted by Gasteiger charge is -2.29. The monoisotopic (exact) mass is 451 g/mol. The van der Waals surface area contributed by atoms with Crippen molar-refractivity contribution in [3.8, 4) is 0 Å². The number of thiocarbonyl (C=S) groups is 1. The minimum atomic E-state index is -0.258. The summed E-state index contributed by atoms with van der Waals surface area (Å²) in [7, 11) is 0. The Kier molecular flexibility index (Phi) is 6.51. The smallest absolute Gasteiger partial charge is 0.257 e. The SMILES string of the molecule is O=C(NC(=S)Nc1ccc(N2CCCCC2)c(Cl)c1)c1ccc(Br)cc1. The lowest BCUT2D eigenvalue weighted by atomic mass is 10.1. The van der Waals surface area contributed by atoms with Crippen LogP contribution < -0.4 is 15.5 Å². The van der Waals surface area contributed by atoms with Crippen LogP contribution in [0.5, 0.6) is 0 Å². The molecule has 0 radical (unpaired) electrons. The van der Waals surface area contributed by atoms with Gasteiger partial charge in [-0.2, -0.15) is 0 Å². The summed E-state index contributed by atoms with van der Waals surface area (Å²) in [6, 6.07) is 12.8. The van der Waals surface area contributed by atoms with Crippen LogP contribution >= 0.6 is 39.7 Å². The molecule has 1 fully saturated rings. The van der Waals surface area contributed by atoms with Crippen molar-refractivity contribution in [2.45, 2.75) is 19.3 Å². The fourth-order valence-electron chi connectivity index (χ4n) is 2.91. The van der Waals surface area contributed by atoms with Gasteiger partial charge in [0, 0.05) is 28.8 Å². The van der Waals surface area contributed by atoms with Crippen LogP contribution in [0, 0.1) is 0 Å². The molecule has 0 bridgehead atoms. The fourth-order valence-corrected chi connectivity index (χ4v) is 3.69. The molecule has 0 spiro atoms. The minimum Gasteiger partial charge on any atom is -0.370 e. The first-order valence-electron chi connectivity index (χ1n) is 8.45. The Hall–Kier alpha value is -1.63. The van der Waals surface area contributed by atoms with Gasteiger partial charge < -0.3 is 10.2 Å². The number of hydrogen-bond donors (Lipinski definition) is 2. The quantitative estimate of drug-likeness (QED) is 0.627. The van der Waals surface area contributed by atoms with Gasteiger partial charge in [-0.15, -0.1) is 0 Å². The molecule has 1 saturated heterocycles. The second-order valence-corrected chi connectivity index (χ2v) is 7.86. The molecule has 1 aliphatic rings. The van der Waals surface area contributed by atoms with Crippen molar-refractivity contribution < 1.29 is 4.79 Å². The van der Waals surface area contributed by atoms with Crippen LogP contribution in [0.15, 0.2) is 46.9 Å². The van der Waals surface area contributed by atoms with E-state index in [4.69, 9.17) is 23.8 Å². The van der Waals surface area contributed by atoms with Crippen molar-refractivity contribution in [2.75, 3.05) is 23.3 Å². The number of hydrogen-bond acceptors (Lipinski definition) is 3. The third-order valence-corrected chi connectivity index (χ3v) is 5.27. The number of amides is 1. The van der Waals surface area contributed by atoms with Gasteiger partial charge in [0.05, 0.1) is 10.7 Å². The number of benzene rings is 2. The summed E-state index contributed by atoms with van der Waals surface area (Å²) in [5, 5.41) is 6.60. The van der Waals surface area contributed by atoms with E-state index in [-0.39, 0.29) is 11.0 Å². The maximum absolute atomic E-state index is 12.2. The molecule has 2 aromatic carbocycles. The molecule has 26 heavy (non-hydrogen) atoms. The van der Waals surface area contributed by atoms with Gasteiger partial charge in [-0.25, -0.2) is 0 Å². The average Bonchev–Trinajstić information content (AvgIpc) is 2.63. The highest BCUT2D eigenvalue weighted by molar-refractivity contribution is 9.10. The van der Waals surface area contributed by atoms with E-state index in [2.05, 4.69) is 31.5 Å². The number of nitrogens with one attached hydrogen (secondary N) is 2. The number of halogens is 2. The average molecular weight is 453 g/mol. The Bertz CT molecular complexity index is 807. The van der Waals surface area contributed by atoms with Gasteiger partial charge in [0.15, 0.2) is 5.11 Å². The van der Waals surface area contributed by atoms with Gasteiger partial charge in [0.25, 0.3) is 5.91 Å². The van der Waals surface area contributed by atoms with Gasteiger partial charge in [0.2, 0.25) is 0 Å². The molecule has 1 amide bonds. The van der Waals surface area contributed by atoms with Crippen molar-refractivity contribution in [1.29, 1.82) is 0 Å². The minimum absolute atomic E-state index is 0.236. The highest BCUT2D eigenvalue weighted by Gasteiger charge is 2.14. The zero-order valence-electron chi connectivity index (χ0n) is 14.1. The van der Waals surface area contributed by atoms with E-state index in [0.29, 0.717) is 10.6 Å². The predicted molar refractivity (Wildman–Crippen MR) is 115 cm³/mol. The van der Waals surface area contributed by atoms with Crippen molar-refractivity contribution >= 4 is 62.1 Å². The molecule has 0 saturated carbocycles. The van der Waals surface area contributed by atoms with E-state index < -0.39 is 0 Å². The van der Waals surface area contributed by atoms with E-state index in [1.807, 2.05) is 30.3 Å². The number of carbonyl (C=O) groups is 1. The summed E-state index contributed by atoms with van der Waals surface area (Å²) < 4.78 is 0.915. The molecule has 3 rings (SSSR count). The number of carbonyl (C=O) groups excluding carboxylic acids is 1. The molecule has 1 heterocycles. The second-order valence-electron chi connectivity index (χ2n) is 6.13. The van der Waals surface area contributed by atoms with Gasteiger partial charge >= 0.3 is 0 Å². The van der Waals surface area contributed by atoms with Crippen LogP contribution in [0.2, 0.25) is 5.02 Å². The van der Waals surface area contributed by atoms with Crippen LogP contribution in [0.25, 0.3) is 0 Å².